The number of carbonyl (C=O) groups excluding carboxylic acids is 2. The molecule has 0 aliphatic rings. The Morgan fingerprint density at radius 2 is 1.69 bits per heavy atom. The molecule has 0 aliphatic carbocycles. The highest BCUT2D eigenvalue weighted by Crippen LogP contribution is 2.14. The summed E-state index contributed by atoms with van der Waals surface area (Å²) in [6.07, 6.45) is -0.784. The van der Waals surface area contributed by atoms with Crippen LogP contribution in [0, 0.1) is 5.92 Å². The van der Waals surface area contributed by atoms with Crippen LogP contribution in [-0.4, -0.2) is 36.4 Å². The fraction of sp³-hybridized carbons (Fsp3) is 0.818. The maximum atomic E-state index is 11.4. The van der Waals surface area contributed by atoms with Crippen molar-refractivity contribution in [2.45, 2.75) is 39.7 Å². The normalized spacial score (nSPS) is 14.0. The van der Waals surface area contributed by atoms with Gasteiger partial charge in [-0.15, -0.1) is 0 Å². The fourth-order valence-electron chi connectivity index (χ4n) is 1.38. The minimum absolute atomic E-state index is 0.175. The van der Waals surface area contributed by atoms with E-state index in [0.29, 0.717) is 6.42 Å². The van der Waals surface area contributed by atoms with Gasteiger partial charge in [0, 0.05) is 0 Å². The van der Waals surface area contributed by atoms with Crippen LogP contribution >= 0.6 is 0 Å². The lowest BCUT2D eigenvalue weighted by Crippen LogP contribution is -2.31. The van der Waals surface area contributed by atoms with E-state index in [0.717, 1.165) is 0 Å². The Morgan fingerprint density at radius 3 is 2.12 bits per heavy atom. The largest absolute Gasteiger partial charge is 0.466 e. The molecule has 0 rings (SSSR count). The molecule has 5 heteroatoms. The third kappa shape index (κ3) is 5.11. The van der Waals surface area contributed by atoms with E-state index < -0.39 is 24.0 Å². The second kappa shape index (κ2) is 8.10. The summed E-state index contributed by atoms with van der Waals surface area (Å²) < 4.78 is 9.50. The van der Waals surface area contributed by atoms with E-state index in [-0.39, 0.29) is 19.6 Å². The van der Waals surface area contributed by atoms with E-state index in [1.54, 1.807) is 20.8 Å². The number of aliphatic hydroxyl groups is 1. The van der Waals surface area contributed by atoms with Crippen LogP contribution in [-0.2, 0) is 19.1 Å². The maximum Gasteiger partial charge on any atom is 0.311 e. The molecule has 16 heavy (non-hydrogen) atoms. The summed E-state index contributed by atoms with van der Waals surface area (Å²) in [6.45, 7) is 5.68. The Balaban J connectivity index is 4.24. The summed E-state index contributed by atoms with van der Waals surface area (Å²) in [5.41, 5.74) is 0. The molecule has 94 valence electrons. The summed E-state index contributed by atoms with van der Waals surface area (Å²) in [5.74, 6) is -1.64. The van der Waals surface area contributed by atoms with Crippen LogP contribution in [0.15, 0.2) is 0 Å². The van der Waals surface area contributed by atoms with Crippen molar-refractivity contribution in [3.63, 3.8) is 0 Å². The highest BCUT2D eigenvalue weighted by Gasteiger charge is 2.28. The molecule has 2 atom stereocenters. The number of ether oxygens (including phenoxy) is 2. The second-order valence-electron chi connectivity index (χ2n) is 3.34. The first-order chi connectivity index (χ1) is 7.56. The van der Waals surface area contributed by atoms with Crippen LogP contribution in [0.4, 0.5) is 0 Å². The fourth-order valence-corrected chi connectivity index (χ4v) is 1.38. The van der Waals surface area contributed by atoms with Gasteiger partial charge in [-0.05, 0) is 20.3 Å². The van der Waals surface area contributed by atoms with E-state index in [1.807, 2.05) is 0 Å². The Hall–Kier alpha value is -1.10. The summed E-state index contributed by atoms with van der Waals surface area (Å²) in [4.78, 5) is 22.5. The Morgan fingerprint density at radius 1 is 1.12 bits per heavy atom. The van der Waals surface area contributed by atoms with Crippen LogP contribution in [0.3, 0.4) is 0 Å². The predicted molar refractivity (Wildman–Crippen MR) is 57.7 cm³/mol. The average molecular weight is 232 g/mol. The van der Waals surface area contributed by atoms with Crippen molar-refractivity contribution in [2.24, 2.45) is 5.92 Å². The van der Waals surface area contributed by atoms with E-state index in [2.05, 4.69) is 0 Å². The summed E-state index contributed by atoms with van der Waals surface area (Å²) in [5, 5.41) is 9.70. The van der Waals surface area contributed by atoms with Gasteiger partial charge in [0.15, 0.2) is 0 Å². The predicted octanol–water partition coefficient (Wildman–Crippen LogP) is 0.890. The monoisotopic (exact) mass is 232 g/mol. The molecule has 1 N–H and O–H groups in total. The van der Waals surface area contributed by atoms with Crippen molar-refractivity contribution < 1.29 is 24.2 Å². The summed E-state index contributed by atoms with van der Waals surface area (Å²) in [6, 6.07) is 0. The van der Waals surface area contributed by atoms with Crippen LogP contribution in [0.25, 0.3) is 0 Å². The van der Waals surface area contributed by atoms with E-state index in [9.17, 15) is 14.7 Å². The maximum absolute atomic E-state index is 11.4. The first-order valence-electron chi connectivity index (χ1n) is 5.57. The summed E-state index contributed by atoms with van der Waals surface area (Å²) in [7, 11) is 0. The van der Waals surface area contributed by atoms with Gasteiger partial charge in [-0.3, -0.25) is 9.59 Å². The molecule has 0 aromatic heterocycles. The third-order valence-corrected chi connectivity index (χ3v) is 2.17. The molecule has 0 spiro atoms. The zero-order chi connectivity index (χ0) is 12.6. The second-order valence-corrected chi connectivity index (χ2v) is 3.34. The Labute approximate surface area is 95.7 Å². The smallest absolute Gasteiger partial charge is 0.311 e. The average Bonchev–Trinajstić information content (AvgIpc) is 2.19. The minimum atomic E-state index is -1.04. The molecule has 0 radical (unpaired) electrons. The van der Waals surface area contributed by atoms with Gasteiger partial charge in [-0.1, -0.05) is 6.92 Å². The van der Waals surface area contributed by atoms with Gasteiger partial charge < -0.3 is 14.6 Å². The highest BCUT2D eigenvalue weighted by molar-refractivity contribution is 5.75. The highest BCUT2D eigenvalue weighted by atomic mass is 16.5. The lowest BCUT2D eigenvalue weighted by atomic mass is 9.97. The third-order valence-electron chi connectivity index (χ3n) is 2.17. The molecule has 0 aromatic rings. The Bertz CT molecular complexity index is 226. The zero-order valence-corrected chi connectivity index (χ0v) is 10.1. The van der Waals surface area contributed by atoms with Gasteiger partial charge in [0.2, 0.25) is 0 Å². The first kappa shape index (κ1) is 14.9. The molecule has 0 fully saturated rings. The number of hydrogen-bond acceptors (Lipinski definition) is 5. The molecule has 0 bridgehead atoms. The van der Waals surface area contributed by atoms with E-state index in [1.165, 1.54) is 0 Å². The van der Waals surface area contributed by atoms with Crippen LogP contribution in [0.1, 0.15) is 33.6 Å². The van der Waals surface area contributed by atoms with Gasteiger partial charge in [0.05, 0.1) is 31.7 Å². The number of aliphatic hydroxyl groups excluding tert-OH is 1. The van der Waals surface area contributed by atoms with Gasteiger partial charge in [0.1, 0.15) is 0 Å². The zero-order valence-electron chi connectivity index (χ0n) is 10.1. The lowest BCUT2D eigenvalue weighted by Gasteiger charge is -2.18. The quantitative estimate of drug-likeness (QED) is 0.660. The molecule has 0 amide bonds. The Kier molecular flexibility index (Phi) is 7.54. The van der Waals surface area contributed by atoms with Crippen molar-refractivity contribution in [2.75, 3.05) is 13.2 Å². The first-order valence-corrected chi connectivity index (χ1v) is 5.57. The van der Waals surface area contributed by atoms with Gasteiger partial charge in [-0.2, -0.15) is 0 Å². The van der Waals surface area contributed by atoms with Crippen LogP contribution in [0.5, 0.6) is 0 Å². The number of esters is 2. The number of rotatable bonds is 7. The van der Waals surface area contributed by atoms with Crippen LogP contribution in [0.2, 0.25) is 0 Å². The molecule has 0 saturated heterocycles. The van der Waals surface area contributed by atoms with Gasteiger partial charge in [0.25, 0.3) is 0 Å². The van der Waals surface area contributed by atoms with Crippen molar-refractivity contribution in [3.05, 3.63) is 0 Å². The van der Waals surface area contributed by atoms with Crippen molar-refractivity contribution in [1.29, 1.82) is 0 Å². The number of carbonyl (C=O) groups is 2. The molecule has 0 aliphatic heterocycles. The standard InChI is InChI=1S/C11H20O5/c1-4-8(11(14)16-6-3)9(12)7-10(13)15-5-2/h8-9,12H,4-7H2,1-3H3. The molecule has 0 saturated carbocycles. The van der Waals surface area contributed by atoms with E-state index in [4.69, 9.17) is 9.47 Å². The van der Waals surface area contributed by atoms with Crippen molar-refractivity contribution in [3.8, 4) is 0 Å². The van der Waals surface area contributed by atoms with Crippen molar-refractivity contribution in [1.82, 2.24) is 0 Å². The molecular weight excluding hydrogens is 212 g/mol. The van der Waals surface area contributed by atoms with E-state index >= 15 is 0 Å². The van der Waals surface area contributed by atoms with Gasteiger partial charge >= 0.3 is 11.9 Å². The molecule has 0 aromatic carbocycles. The van der Waals surface area contributed by atoms with Gasteiger partial charge in [-0.25, -0.2) is 0 Å². The SMILES string of the molecule is CCOC(=O)CC(O)C(CC)C(=O)OCC. The minimum Gasteiger partial charge on any atom is -0.466 e. The number of hydrogen-bond donors (Lipinski definition) is 1. The molecule has 0 heterocycles. The van der Waals surface area contributed by atoms with Crippen LogP contribution < -0.4 is 0 Å². The molecular formula is C11H20O5. The molecule has 2 unspecified atom stereocenters. The topological polar surface area (TPSA) is 72.8 Å². The van der Waals surface area contributed by atoms with Crippen molar-refractivity contribution >= 4 is 11.9 Å². The lowest BCUT2D eigenvalue weighted by molar-refractivity contribution is -0.155. The summed E-state index contributed by atoms with van der Waals surface area (Å²) >= 11 is 0. The molecule has 5 nitrogen and oxygen atoms in total.